The van der Waals surface area contributed by atoms with Crippen molar-refractivity contribution in [3.63, 3.8) is 0 Å². The standard InChI is InChI=1S/C16H21ClN4OS/c1-9-4-3-5-12(10(9)2)19-14(22)8-23-16-20-13-6-11(17)7-18-15(13)21-16/h6-7,9-10,12H,3-5,8H2,1-2H3,(H,19,22)(H,18,20,21)/t9-,10-,12+/m1/s1. The van der Waals surface area contributed by atoms with Gasteiger partial charge in [0.1, 0.15) is 0 Å². The first kappa shape index (κ1) is 16.6. The van der Waals surface area contributed by atoms with Crippen LogP contribution in [0.5, 0.6) is 0 Å². The number of carbonyl (C=O) groups excluding carboxylic acids is 1. The van der Waals surface area contributed by atoms with Crippen LogP contribution in [0.2, 0.25) is 5.02 Å². The first-order valence-electron chi connectivity index (χ1n) is 7.96. The van der Waals surface area contributed by atoms with Crippen LogP contribution in [0.15, 0.2) is 17.4 Å². The van der Waals surface area contributed by atoms with Crippen molar-refractivity contribution in [1.82, 2.24) is 20.3 Å². The molecular formula is C16H21ClN4OS. The van der Waals surface area contributed by atoms with Gasteiger partial charge in [-0.05, 0) is 24.3 Å². The van der Waals surface area contributed by atoms with E-state index in [2.05, 4.69) is 34.1 Å². The van der Waals surface area contributed by atoms with E-state index in [9.17, 15) is 4.79 Å². The van der Waals surface area contributed by atoms with Gasteiger partial charge < -0.3 is 10.3 Å². The summed E-state index contributed by atoms with van der Waals surface area (Å²) >= 11 is 7.30. The van der Waals surface area contributed by atoms with Gasteiger partial charge in [0.05, 0.1) is 16.3 Å². The number of imidazole rings is 1. The fourth-order valence-electron chi connectivity index (χ4n) is 3.09. The number of aromatic amines is 1. The highest BCUT2D eigenvalue weighted by Gasteiger charge is 2.28. The van der Waals surface area contributed by atoms with Crippen LogP contribution >= 0.6 is 23.4 Å². The number of hydrogen-bond acceptors (Lipinski definition) is 4. The Labute approximate surface area is 145 Å². The summed E-state index contributed by atoms with van der Waals surface area (Å²) in [6, 6.07) is 2.08. The monoisotopic (exact) mass is 352 g/mol. The summed E-state index contributed by atoms with van der Waals surface area (Å²) in [5.74, 6) is 1.63. The van der Waals surface area contributed by atoms with Crippen LogP contribution in [0.1, 0.15) is 33.1 Å². The van der Waals surface area contributed by atoms with Crippen molar-refractivity contribution >= 4 is 40.4 Å². The molecule has 0 radical (unpaired) electrons. The van der Waals surface area contributed by atoms with Gasteiger partial charge in [0.25, 0.3) is 0 Å². The molecule has 0 spiro atoms. The number of rotatable bonds is 4. The van der Waals surface area contributed by atoms with Gasteiger partial charge in [-0.15, -0.1) is 0 Å². The topological polar surface area (TPSA) is 70.7 Å². The highest BCUT2D eigenvalue weighted by Crippen LogP contribution is 2.29. The first-order valence-corrected chi connectivity index (χ1v) is 9.32. The van der Waals surface area contributed by atoms with Gasteiger partial charge in [-0.3, -0.25) is 4.79 Å². The fraction of sp³-hybridized carbons (Fsp3) is 0.562. The van der Waals surface area contributed by atoms with E-state index in [0.717, 1.165) is 11.9 Å². The lowest BCUT2D eigenvalue weighted by molar-refractivity contribution is -0.120. The zero-order valence-corrected chi connectivity index (χ0v) is 14.9. The fourth-order valence-corrected chi connectivity index (χ4v) is 3.93. The lowest BCUT2D eigenvalue weighted by Gasteiger charge is -2.34. The zero-order valence-electron chi connectivity index (χ0n) is 13.3. The molecule has 0 aromatic carbocycles. The minimum Gasteiger partial charge on any atom is -0.352 e. The molecule has 0 bridgehead atoms. The van der Waals surface area contributed by atoms with Crippen LogP contribution in [0.4, 0.5) is 0 Å². The van der Waals surface area contributed by atoms with Gasteiger partial charge in [0.15, 0.2) is 10.8 Å². The third kappa shape index (κ3) is 3.98. The molecule has 0 saturated heterocycles. The molecule has 3 rings (SSSR count). The van der Waals surface area contributed by atoms with Crippen LogP contribution in [0.3, 0.4) is 0 Å². The highest BCUT2D eigenvalue weighted by atomic mass is 35.5. The van der Waals surface area contributed by atoms with Gasteiger partial charge in [-0.1, -0.05) is 50.1 Å². The third-order valence-electron chi connectivity index (χ3n) is 4.68. The second-order valence-corrected chi connectivity index (χ2v) is 7.70. The molecule has 3 atom stereocenters. The Morgan fingerprint density at radius 3 is 3.13 bits per heavy atom. The molecule has 0 aliphatic heterocycles. The number of amides is 1. The molecule has 1 saturated carbocycles. The molecule has 7 heteroatoms. The van der Waals surface area contributed by atoms with Gasteiger partial charge in [-0.2, -0.15) is 0 Å². The minimum absolute atomic E-state index is 0.0624. The number of nitrogens with one attached hydrogen (secondary N) is 2. The number of aromatic nitrogens is 3. The van der Waals surface area contributed by atoms with Crippen molar-refractivity contribution in [2.24, 2.45) is 11.8 Å². The van der Waals surface area contributed by atoms with Crippen molar-refractivity contribution in [1.29, 1.82) is 0 Å². The second-order valence-electron chi connectivity index (χ2n) is 6.30. The maximum absolute atomic E-state index is 12.2. The number of fused-ring (bicyclic) bond motifs is 1. The summed E-state index contributed by atoms with van der Waals surface area (Å²) in [7, 11) is 0. The van der Waals surface area contributed by atoms with E-state index in [1.54, 1.807) is 12.3 Å². The maximum Gasteiger partial charge on any atom is 0.230 e. The summed E-state index contributed by atoms with van der Waals surface area (Å²) in [4.78, 5) is 23.8. The minimum atomic E-state index is 0.0624. The van der Waals surface area contributed by atoms with Gasteiger partial charge in [-0.25, -0.2) is 9.97 Å². The van der Waals surface area contributed by atoms with E-state index in [4.69, 9.17) is 11.6 Å². The lowest BCUT2D eigenvalue weighted by Crippen LogP contribution is -2.44. The normalized spacial score (nSPS) is 24.7. The summed E-state index contributed by atoms with van der Waals surface area (Å²) in [5, 5.41) is 4.43. The SMILES string of the molecule is C[C@@H]1[C@H](C)CCC[C@@H]1NC(=O)CSc1nc2ncc(Cl)cc2[nH]1. The average Bonchev–Trinajstić information content (AvgIpc) is 2.92. The summed E-state index contributed by atoms with van der Waals surface area (Å²) in [6.07, 6.45) is 5.10. The predicted octanol–water partition coefficient (Wildman–Crippen LogP) is 3.64. The van der Waals surface area contributed by atoms with Crippen LogP contribution in [-0.4, -0.2) is 32.7 Å². The second kappa shape index (κ2) is 7.09. The summed E-state index contributed by atoms with van der Waals surface area (Å²) in [5.41, 5.74) is 1.40. The number of pyridine rings is 1. The number of nitrogens with zero attached hydrogens (tertiary/aromatic N) is 2. The van der Waals surface area contributed by atoms with Crippen LogP contribution < -0.4 is 5.32 Å². The Kier molecular flexibility index (Phi) is 5.11. The van der Waals surface area contributed by atoms with E-state index in [1.807, 2.05) is 0 Å². The number of halogens is 1. The van der Waals surface area contributed by atoms with Crippen molar-refractivity contribution in [2.75, 3.05) is 5.75 Å². The Morgan fingerprint density at radius 1 is 1.48 bits per heavy atom. The molecular weight excluding hydrogens is 332 g/mol. The average molecular weight is 353 g/mol. The lowest BCUT2D eigenvalue weighted by atomic mass is 9.78. The Morgan fingerprint density at radius 2 is 2.30 bits per heavy atom. The van der Waals surface area contributed by atoms with Crippen molar-refractivity contribution in [3.8, 4) is 0 Å². The van der Waals surface area contributed by atoms with Crippen LogP contribution in [-0.2, 0) is 4.79 Å². The number of H-pyrrole nitrogens is 1. The van der Waals surface area contributed by atoms with Gasteiger partial charge >= 0.3 is 0 Å². The molecule has 1 aliphatic carbocycles. The zero-order chi connectivity index (χ0) is 16.4. The molecule has 2 aromatic heterocycles. The quantitative estimate of drug-likeness (QED) is 0.824. The van der Waals surface area contributed by atoms with Crippen molar-refractivity contribution in [2.45, 2.75) is 44.3 Å². The molecule has 23 heavy (non-hydrogen) atoms. The van der Waals surface area contributed by atoms with E-state index < -0.39 is 0 Å². The van der Waals surface area contributed by atoms with E-state index in [0.29, 0.717) is 39.5 Å². The maximum atomic E-state index is 12.2. The van der Waals surface area contributed by atoms with Gasteiger partial charge in [0, 0.05) is 12.2 Å². The Hall–Kier alpha value is -1.27. The van der Waals surface area contributed by atoms with Gasteiger partial charge in [0.2, 0.25) is 5.91 Å². The molecule has 124 valence electrons. The number of carbonyl (C=O) groups is 1. The van der Waals surface area contributed by atoms with E-state index in [1.165, 1.54) is 24.6 Å². The molecule has 2 heterocycles. The summed E-state index contributed by atoms with van der Waals surface area (Å²) in [6.45, 7) is 4.50. The largest absolute Gasteiger partial charge is 0.352 e. The highest BCUT2D eigenvalue weighted by molar-refractivity contribution is 7.99. The van der Waals surface area contributed by atoms with E-state index >= 15 is 0 Å². The molecule has 2 N–H and O–H groups in total. The molecule has 5 nitrogen and oxygen atoms in total. The third-order valence-corrected chi connectivity index (χ3v) is 5.76. The van der Waals surface area contributed by atoms with Crippen LogP contribution in [0, 0.1) is 11.8 Å². The Bertz CT molecular complexity index is 704. The van der Waals surface area contributed by atoms with Crippen molar-refractivity contribution in [3.05, 3.63) is 17.3 Å². The molecule has 1 fully saturated rings. The first-order chi connectivity index (χ1) is 11.0. The number of hydrogen-bond donors (Lipinski definition) is 2. The molecule has 1 aliphatic rings. The Balaban J connectivity index is 1.55. The predicted molar refractivity (Wildman–Crippen MR) is 93.7 cm³/mol. The van der Waals surface area contributed by atoms with Crippen LogP contribution in [0.25, 0.3) is 11.2 Å². The van der Waals surface area contributed by atoms with Crippen molar-refractivity contribution < 1.29 is 4.79 Å². The summed E-state index contributed by atoms with van der Waals surface area (Å²) < 4.78 is 0. The smallest absolute Gasteiger partial charge is 0.230 e. The van der Waals surface area contributed by atoms with E-state index in [-0.39, 0.29) is 5.91 Å². The molecule has 0 unspecified atom stereocenters. The molecule has 2 aromatic rings. The number of thioether (sulfide) groups is 1. The molecule has 1 amide bonds.